The monoisotopic (exact) mass is 350 g/mol. The van der Waals surface area contributed by atoms with Crippen molar-refractivity contribution in [1.82, 2.24) is 5.32 Å². The molecule has 1 aromatic rings. The molecular weight excluding hydrogens is 320 g/mol. The molecule has 0 spiro atoms. The first-order valence-electron chi connectivity index (χ1n) is 9.42. The molecule has 1 fully saturated rings. The molecule has 24 heavy (non-hydrogen) atoms. The fourth-order valence-electron chi connectivity index (χ4n) is 3.41. The highest BCUT2D eigenvalue weighted by Gasteiger charge is 2.25. The first kappa shape index (κ1) is 19.1. The molecule has 0 aliphatic carbocycles. The van der Waals surface area contributed by atoms with Crippen LogP contribution in [0.2, 0.25) is 5.02 Å². The highest BCUT2D eigenvalue weighted by Crippen LogP contribution is 2.25. The molecule has 4 heteroatoms. The second kappa shape index (κ2) is 9.93. The number of hydrogen-bond acceptors (Lipinski definition) is 2. The zero-order valence-electron chi connectivity index (χ0n) is 15.1. The number of anilines is 1. The van der Waals surface area contributed by atoms with E-state index in [0.29, 0.717) is 5.92 Å². The van der Waals surface area contributed by atoms with Gasteiger partial charge in [-0.1, -0.05) is 50.8 Å². The van der Waals surface area contributed by atoms with Crippen molar-refractivity contribution >= 4 is 23.2 Å². The number of nitrogens with zero attached hydrogens (tertiary/aromatic N) is 1. The number of carbonyl (C=O) groups is 1. The van der Waals surface area contributed by atoms with Gasteiger partial charge in [0.2, 0.25) is 5.91 Å². The second-order valence-corrected chi connectivity index (χ2v) is 7.34. The van der Waals surface area contributed by atoms with Crippen LogP contribution in [0.4, 0.5) is 5.69 Å². The van der Waals surface area contributed by atoms with E-state index in [9.17, 15) is 4.79 Å². The van der Waals surface area contributed by atoms with Gasteiger partial charge in [-0.05, 0) is 43.4 Å². The summed E-state index contributed by atoms with van der Waals surface area (Å²) in [6.07, 6.45) is 6.70. The molecule has 1 amide bonds. The average molecular weight is 351 g/mol. The smallest absolute Gasteiger partial charge is 0.223 e. The lowest BCUT2D eigenvalue weighted by molar-refractivity contribution is -0.125. The number of piperidine rings is 1. The number of nitrogens with one attached hydrogen (secondary N) is 1. The number of unbranched alkanes of at least 4 members (excludes halogenated alkanes) is 1. The molecule has 1 atom stereocenters. The minimum Gasteiger partial charge on any atom is -0.371 e. The molecule has 0 bridgehead atoms. The lowest BCUT2D eigenvalue weighted by Gasteiger charge is -2.33. The van der Waals surface area contributed by atoms with E-state index in [1.807, 2.05) is 18.2 Å². The Bertz CT molecular complexity index is 512. The van der Waals surface area contributed by atoms with Crippen molar-refractivity contribution in [3.05, 3.63) is 29.3 Å². The third kappa shape index (κ3) is 5.70. The Hall–Kier alpha value is -1.22. The van der Waals surface area contributed by atoms with Crippen LogP contribution in [0, 0.1) is 11.8 Å². The SMILES string of the molecule is CCCCC(CC)CNC(=O)C1CCN(c2cccc(Cl)c2)CC1. The zero-order chi connectivity index (χ0) is 17.4. The predicted molar refractivity (Wildman–Crippen MR) is 103 cm³/mol. The van der Waals surface area contributed by atoms with Crippen LogP contribution < -0.4 is 10.2 Å². The maximum absolute atomic E-state index is 12.4. The molecule has 1 unspecified atom stereocenters. The molecule has 0 aromatic heterocycles. The van der Waals surface area contributed by atoms with E-state index in [2.05, 4.69) is 30.1 Å². The fraction of sp³-hybridized carbons (Fsp3) is 0.650. The number of benzene rings is 1. The topological polar surface area (TPSA) is 32.3 Å². The Balaban J connectivity index is 1.76. The summed E-state index contributed by atoms with van der Waals surface area (Å²) in [7, 11) is 0. The number of amides is 1. The number of halogens is 1. The molecule has 0 radical (unpaired) electrons. The average Bonchev–Trinajstić information content (AvgIpc) is 2.62. The van der Waals surface area contributed by atoms with E-state index in [4.69, 9.17) is 11.6 Å². The maximum atomic E-state index is 12.4. The van der Waals surface area contributed by atoms with Gasteiger partial charge in [0.25, 0.3) is 0 Å². The molecule has 1 N–H and O–H groups in total. The van der Waals surface area contributed by atoms with Crippen molar-refractivity contribution in [3.8, 4) is 0 Å². The van der Waals surface area contributed by atoms with Gasteiger partial charge in [0.1, 0.15) is 0 Å². The summed E-state index contributed by atoms with van der Waals surface area (Å²) < 4.78 is 0. The second-order valence-electron chi connectivity index (χ2n) is 6.90. The van der Waals surface area contributed by atoms with Crippen LogP contribution in [0.1, 0.15) is 52.4 Å². The molecule has 1 saturated heterocycles. The Morgan fingerprint density at radius 3 is 2.71 bits per heavy atom. The Morgan fingerprint density at radius 2 is 2.08 bits per heavy atom. The summed E-state index contributed by atoms with van der Waals surface area (Å²) >= 11 is 6.07. The van der Waals surface area contributed by atoms with Crippen molar-refractivity contribution in [1.29, 1.82) is 0 Å². The normalized spacial score (nSPS) is 16.9. The van der Waals surface area contributed by atoms with E-state index in [1.165, 1.54) is 19.3 Å². The highest BCUT2D eigenvalue weighted by molar-refractivity contribution is 6.30. The third-order valence-corrected chi connectivity index (χ3v) is 5.38. The first-order valence-corrected chi connectivity index (χ1v) is 9.80. The Morgan fingerprint density at radius 1 is 1.33 bits per heavy atom. The molecule has 1 aromatic carbocycles. The van der Waals surface area contributed by atoms with Crippen molar-refractivity contribution in [2.24, 2.45) is 11.8 Å². The van der Waals surface area contributed by atoms with Gasteiger partial charge in [-0.15, -0.1) is 0 Å². The van der Waals surface area contributed by atoms with E-state index >= 15 is 0 Å². The summed E-state index contributed by atoms with van der Waals surface area (Å²) in [4.78, 5) is 14.8. The van der Waals surface area contributed by atoms with Gasteiger partial charge in [-0.25, -0.2) is 0 Å². The first-order chi connectivity index (χ1) is 11.6. The number of hydrogen-bond donors (Lipinski definition) is 1. The number of rotatable bonds is 8. The minimum absolute atomic E-state index is 0.157. The van der Waals surface area contributed by atoms with Crippen LogP contribution in [0.3, 0.4) is 0 Å². The Kier molecular flexibility index (Phi) is 7.90. The molecule has 3 nitrogen and oxygen atoms in total. The van der Waals surface area contributed by atoms with Crippen molar-refractivity contribution in [2.75, 3.05) is 24.5 Å². The van der Waals surface area contributed by atoms with Gasteiger partial charge in [-0.2, -0.15) is 0 Å². The van der Waals surface area contributed by atoms with E-state index < -0.39 is 0 Å². The van der Waals surface area contributed by atoms with Gasteiger partial charge in [0.05, 0.1) is 0 Å². The van der Waals surface area contributed by atoms with Gasteiger partial charge >= 0.3 is 0 Å². The summed E-state index contributed by atoms with van der Waals surface area (Å²) in [5.41, 5.74) is 1.16. The molecule has 1 aliphatic rings. The van der Waals surface area contributed by atoms with Crippen LogP contribution in [-0.4, -0.2) is 25.5 Å². The van der Waals surface area contributed by atoms with Crippen LogP contribution >= 0.6 is 11.6 Å². The molecule has 0 saturated carbocycles. The minimum atomic E-state index is 0.157. The lowest BCUT2D eigenvalue weighted by Crippen LogP contribution is -2.41. The highest BCUT2D eigenvalue weighted by atomic mass is 35.5. The summed E-state index contributed by atoms with van der Waals surface area (Å²) in [6, 6.07) is 7.97. The Labute approximate surface area is 151 Å². The largest absolute Gasteiger partial charge is 0.371 e. The molecule has 134 valence electrons. The van der Waals surface area contributed by atoms with Crippen LogP contribution in [0.25, 0.3) is 0 Å². The molecular formula is C20H31ClN2O. The van der Waals surface area contributed by atoms with Gasteiger partial charge < -0.3 is 10.2 Å². The van der Waals surface area contributed by atoms with E-state index in [0.717, 1.165) is 49.6 Å². The lowest BCUT2D eigenvalue weighted by atomic mass is 9.94. The van der Waals surface area contributed by atoms with E-state index in [-0.39, 0.29) is 11.8 Å². The molecule has 2 rings (SSSR count). The van der Waals surface area contributed by atoms with Gasteiger partial charge in [0.15, 0.2) is 0 Å². The van der Waals surface area contributed by atoms with Crippen molar-refractivity contribution < 1.29 is 4.79 Å². The molecule has 1 heterocycles. The summed E-state index contributed by atoms with van der Waals surface area (Å²) in [5, 5.41) is 3.97. The van der Waals surface area contributed by atoms with Crippen molar-refractivity contribution in [3.63, 3.8) is 0 Å². The van der Waals surface area contributed by atoms with Crippen LogP contribution in [-0.2, 0) is 4.79 Å². The van der Waals surface area contributed by atoms with Gasteiger partial charge in [0, 0.05) is 36.3 Å². The standard InChI is InChI=1S/C20H31ClN2O/c1-3-5-7-16(4-2)15-22-20(24)17-10-12-23(13-11-17)19-9-6-8-18(21)14-19/h6,8-9,14,16-17H,3-5,7,10-13,15H2,1-2H3,(H,22,24). The van der Waals surface area contributed by atoms with Crippen molar-refractivity contribution in [2.45, 2.75) is 52.4 Å². The van der Waals surface area contributed by atoms with Crippen LogP contribution in [0.15, 0.2) is 24.3 Å². The molecule has 1 aliphatic heterocycles. The van der Waals surface area contributed by atoms with E-state index in [1.54, 1.807) is 0 Å². The van der Waals surface area contributed by atoms with Gasteiger partial charge in [-0.3, -0.25) is 4.79 Å². The van der Waals surface area contributed by atoms with Crippen LogP contribution in [0.5, 0.6) is 0 Å². The fourth-order valence-corrected chi connectivity index (χ4v) is 3.59. The quantitative estimate of drug-likeness (QED) is 0.724. The number of carbonyl (C=O) groups excluding carboxylic acids is 1. The summed E-state index contributed by atoms with van der Waals surface area (Å²) in [6.45, 7) is 7.12. The third-order valence-electron chi connectivity index (χ3n) is 5.15. The predicted octanol–water partition coefficient (Wildman–Crippen LogP) is 4.89. The zero-order valence-corrected chi connectivity index (χ0v) is 15.8. The summed E-state index contributed by atoms with van der Waals surface area (Å²) in [5.74, 6) is 1.03. The maximum Gasteiger partial charge on any atom is 0.223 e.